The van der Waals surface area contributed by atoms with Crippen molar-refractivity contribution in [3.63, 3.8) is 0 Å². The maximum Gasteiger partial charge on any atom is 0.490 e. The van der Waals surface area contributed by atoms with Crippen molar-refractivity contribution >= 4 is 14.5 Å². The average molecular weight is 255 g/mol. The molecule has 4 nitrogen and oxygen atoms in total. The van der Waals surface area contributed by atoms with Crippen molar-refractivity contribution in [2.45, 2.75) is 26.7 Å². The molecule has 1 rings (SSSR count). The highest BCUT2D eigenvalue weighted by atomic mass is 31.1. The lowest BCUT2D eigenvalue weighted by Crippen LogP contribution is -1.92. The summed E-state index contributed by atoms with van der Waals surface area (Å²) in [7, 11) is -2.79. The number of rotatable bonds is 5. The number of hydrogen-bond donors (Lipinski definition) is 0. The van der Waals surface area contributed by atoms with E-state index in [1.165, 1.54) is 12.8 Å². The van der Waals surface area contributed by atoms with Crippen LogP contribution in [0.1, 0.15) is 32.3 Å². The molecular weight excluding hydrogens is 237 g/mol. The van der Waals surface area contributed by atoms with Crippen LogP contribution in [0.25, 0.3) is 0 Å². The molecule has 0 N–H and O–H groups in total. The maximum absolute atomic E-state index is 9.95. The van der Waals surface area contributed by atoms with Gasteiger partial charge in [-0.05, 0) is 10.1 Å². The van der Waals surface area contributed by atoms with Gasteiger partial charge in [0.15, 0.2) is 6.73 Å². The van der Waals surface area contributed by atoms with Gasteiger partial charge in [-0.25, -0.2) is 0 Å². The van der Waals surface area contributed by atoms with E-state index in [1.54, 1.807) is 6.21 Å². The van der Waals surface area contributed by atoms with E-state index in [0.29, 0.717) is 0 Å². The Hall–Kier alpha value is -1.09. The predicted molar refractivity (Wildman–Crippen MR) is 68.2 cm³/mol. The number of benzene rings is 1. The second kappa shape index (κ2) is 11.4. The van der Waals surface area contributed by atoms with E-state index in [-0.39, 0.29) is 6.73 Å². The van der Waals surface area contributed by atoms with Crippen LogP contribution in [0.5, 0.6) is 0 Å². The number of hydrogen-bond acceptors (Lipinski definition) is 4. The lowest BCUT2D eigenvalue weighted by molar-refractivity contribution is -0.185. The van der Waals surface area contributed by atoms with Crippen molar-refractivity contribution in [3.8, 4) is 0 Å². The summed E-state index contributed by atoms with van der Waals surface area (Å²) < 4.78 is 14.2. The summed E-state index contributed by atoms with van der Waals surface area (Å²) in [6, 6.07) is 9.36. The fraction of sp³-hybridized carbons (Fsp3) is 0.417. The van der Waals surface area contributed by atoms with Crippen LogP contribution in [-0.4, -0.2) is 12.9 Å². The van der Waals surface area contributed by atoms with Gasteiger partial charge in [0.1, 0.15) is 0 Å². The summed E-state index contributed by atoms with van der Waals surface area (Å²) >= 11 is 0. The number of nitrogens with zero attached hydrogens (tertiary/aromatic N) is 1. The Morgan fingerprint density at radius 1 is 1.29 bits per heavy atom. The Morgan fingerprint density at radius 2 is 1.88 bits per heavy atom. The molecule has 1 unspecified atom stereocenters. The normalized spacial score (nSPS) is 10.9. The Morgan fingerprint density at radius 3 is 2.35 bits per heavy atom. The van der Waals surface area contributed by atoms with Gasteiger partial charge in [0, 0.05) is 6.21 Å². The first-order valence-corrected chi connectivity index (χ1v) is 6.62. The van der Waals surface area contributed by atoms with Crippen molar-refractivity contribution in [1.82, 2.24) is 0 Å². The Balaban J connectivity index is 0.000000557. The van der Waals surface area contributed by atoms with E-state index >= 15 is 0 Å². The highest BCUT2D eigenvalue weighted by Gasteiger charge is 1.96. The molecule has 0 heterocycles. The topological polar surface area (TPSA) is 61.7 Å². The van der Waals surface area contributed by atoms with Gasteiger partial charge in [0.25, 0.3) is 0 Å². The maximum atomic E-state index is 9.95. The smallest absolute Gasteiger partial charge is 0.490 e. The third-order valence-corrected chi connectivity index (χ3v) is 2.10. The highest BCUT2D eigenvalue weighted by molar-refractivity contribution is 7.30. The molecule has 1 aromatic carbocycles. The quantitative estimate of drug-likeness (QED) is 0.600. The van der Waals surface area contributed by atoms with Gasteiger partial charge in [0.05, 0.1) is 0 Å². The molecule has 1 atom stereocenters. The zero-order valence-corrected chi connectivity index (χ0v) is 11.1. The molecule has 0 amide bonds. The van der Waals surface area contributed by atoms with Gasteiger partial charge >= 0.3 is 8.25 Å². The molecule has 0 fully saturated rings. The summed E-state index contributed by atoms with van der Waals surface area (Å²) in [6.07, 6.45) is 4.19. The molecule has 0 saturated carbocycles. The van der Waals surface area contributed by atoms with Crippen LogP contribution in [-0.2, 0) is 9.09 Å². The third kappa shape index (κ3) is 11.2. The van der Waals surface area contributed by atoms with Crippen LogP contribution in [0.3, 0.4) is 0 Å². The molecule has 0 spiro atoms. The zero-order chi connectivity index (χ0) is 12.9. The van der Waals surface area contributed by atoms with E-state index in [1.807, 2.05) is 30.3 Å². The lowest BCUT2D eigenvalue weighted by atomic mass is 10.2. The fourth-order valence-electron chi connectivity index (χ4n) is 0.762. The van der Waals surface area contributed by atoms with Gasteiger partial charge in [0.2, 0.25) is 0 Å². The van der Waals surface area contributed by atoms with Crippen LogP contribution in [0.2, 0.25) is 0 Å². The molecule has 0 aliphatic carbocycles. The summed E-state index contributed by atoms with van der Waals surface area (Å²) in [6.45, 7) is 4.20. The van der Waals surface area contributed by atoms with Crippen molar-refractivity contribution in [2.24, 2.45) is 4.99 Å². The minimum atomic E-state index is -2.79. The molecule has 0 bridgehead atoms. The first-order chi connectivity index (χ1) is 8.20. The van der Waals surface area contributed by atoms with Crippen molar-refractivity contribution in [3.05, 3.63) is 35.9 Å². The average Bonchev–Trinajstić information content (AvgIpc) is 2.36. The van der Waals surface area contributed by atoms with Crippen LogP contribution in [0.4, 0.5) is 0 Å². The molecule has 94 valence electrons. The van der Waals surface area contributed by atoms with Gasteiger partial charge in [-0.2, -0.15) is 0 Å². The van der Waals surface area contributed by atoms with Crippen LogP contribution in [0.15, 0.2) is 35.3 Å². The monoisotopic (exact) mass is 255 g/mol. The first kappa shape index (κ1) is 15.9. The van der Waals surface area contributed by atoms with Crippen molar-refractivity contribution < 1.29 is 14.0 Å². The van der Waals surface area contributed by atoms with Crippen molar-refractivity contribution in [2.75, 3.05) is 6.73 Å². The molecule has 1 aromatic rings. The van der Waals surface area contributed by atoms with E-state index < -0.39 is 8.25 Å². The number of aliphatic imine (C=N–C) groups is 1. The van der Waals surface area contributed by atoms with E-state index in [2.05, 4.69) is 23.4 Å². The van der Waals surface area contributed by atoms with Crippen molar-refractivity contribution in [1.29, 1.82) is 0 Å². The number of unbranched alkanes of at least 4 members (excludes halogenated alkanes) is 1. The molecule has 0 aromatic heterocycles. The van der Waals surface area contributed by atoms with Crippen LogP contribution >= 0.6 is 8.25 Å². The summed E-state index contributed by atoms with van der Waals surface area (Å²) in [5.41, 5.74) is 0.909. The van der Waals surface area contributed by atoms with E-state index in [4.69, 9.17) is 0 Å². The Labute approximate surface area is 103 Å². The minimum Gasteiger partial charge on any atom is -0.566 e. The van der Waals surface area contributed by atoms with E-state index in [0.717, 1.165) is 5.56 Å². The van der Waals surface area contributed by atoms with Crippen LogP contribution in [0, 0.1) is 0 Å². The second-order valence-electron chi connectivity index (χ2n) is 3.20. The minimum absolute atomic E-state index is 0.159. The predicted octanol–water partition coefficient (Wildman–Crippen LogP) is 2.90. The highest BCUT2D eigenvalue weighted by Crippen LogP contribution is 2.07. The molecule has 5 heteroatoms. The molecular formula is C12H18NO3P. The van der Waals surface area contributed by atoms with Crippen LogP contribution < -0.4 is 4.89 Å². The Bertz CT molecular complexity index is 326. The summed E-state index contributed by atoms with van der Waals surface area (Å²) in [4.78, 5) is 13.7. The van der Waals surface area contributed by atoms with E-state index in [9.17, 15) is 9.46 Å². The molecule has 0 radical (unpaired) electrons. The van der Waals surface area contributed by atoms with Gasteiger partial charge in [-0.1, -0.05) is 57.0 Å². The fourth-order valence-corrected chi connectivity index (χ4v) is 0.923. The Kier molecular flexibility index (Phi) is 10.7. The lowest BCUT2D eigenvalue weighted by Gasteiger charge is -1.89. The first-order valence-electron chi connectivity index (χ1n) is 5.52. The zero-order valence-electron chi connectivity index (χ0n) is 10.2. The summed E-state index contributed by atoms with van der Waals surface area (Å²) in [5.74, 6) is 0. The molecule has 17 heavy (non-hydrogen) atoms. The van der Waals surface area contributed by atoms with Gasteiger partial charge < -0.3 is 4.89 Å². The molecule has 0 aliphatic rings. The van der Waals surface area contributed by atoms with Gasteiger partial charge in [-0.3, -0.25) is 4.99 Å². The van der Waals surface area contributed by atoms with Gasteiger partial charge in [-0.15, -0.1) is 4.52 Å². The summed E-state index contributed by atoms with van der Waals surface area (Å²) in [5, 5.41) is 0. The second-order valence-corrected chi connectivity index (χ2v) is 3.91. The standard InChI is InChI=1S/C8H8NO3P.C4H10/c10-13(11)12-7-9-6-8-4-2-1-3-5-8;1-3-4-2/h1-6H,7H2;3-4H2,1-2H3/b9-6+;. The molecule has 0 saturated heterocycles. The SMILES string of the molecule is CCCC.O=[P+]([O-])OC/N=C/c1ccccc1. The molecule has 0 aliphatic heterocycles. The third-order valence-electron chi connectivity index (χ3n) is 1.78. The largest absolute Gasteiger partial charge is 0.566 e.